The second kappa shape index (κ2) is 8.00. The highest BCUT2D eigenvalue weighted by atomic mass is 32.2. The maximum Gasteiger partial charge on any atom is 0.319 e. The topological polar surface area (TPSA) is 84.7 Å². The molecule has 0 spiro atoms. The molecule has 0 aliphatic carbocycles. The number of urea groups is 1. The Morgan fingerprint density at radius 1 is 1.04 bits per heavy atom. The van der Waals surface area contributed by atoms with Gasteiger partial charge in [-0.2, -0.15) is 9.57 Å². The van der Waals surface area contributed by atoms with Gasteiger partial charge in [-0.15, -0.1) is 0 Å². The van der Waals surface area contributed by atoms with Crippen LogP contribution in [0, 0.1) is 11.3 Å². The van der Waals surface area contributed by atoms with Crippen molar-refractivity contribution in [3.05, 3.63) is 54.1 Å². The van der Waals surface area contributed by atoms with Crippen molar-refractivity contribution in [2.45, 2.75) is 4.90 Å². The molecule has 1 fully saturated rings. The fourth-order valence-electron chi connectivity index (χ4n) is 3.21. The predicted molar refractivity (Wildman–Crippen MR) is 106 cm³/mol. The summed E-state index contributed by atoms with van der Waals surface area (Å²) in [6.07, 6.45) is 0. The number of carbonyl (C=O) groups is 1. The van der Waals surface area contributed by atoms with Crippen LogP contribution in [-0.4, -0.2) is 68.8 Å². The van der Waals surface area contributed by atoms with Crippen LogP contribution in [0.2, 0.25) is 0 Å². The lowest BCUT2D eigenvalue weighted by molar-refractivity contribution is 0.149. The summed E-state index contributed by atoms with van der Waals surface area (Å²) in [5, 5.41) is 9.31. The van der Waals surface area contributed by atoms with E-state index < -0.39 is 10.0 Å². The van der Waals surface area contributed by atoms with E-state index in [0.29, 0.717) is 29.8 Å². The fourth-order valence-corrected chi connectivity index (χ4v) is 4.68. The summed E-state index contributed by atoms with van der Waals surface area (Å²) in [6, 6.07) is 15.8. The van der Waals surface area contributed by atoms with Gasteiger partial charge in [-0.3, -0.25) is 0 Å². The van der Waals surface area contributed by atoms with Gasteiger partial charge in [0.25, 0.3) is 0 Å². The first-order valence-electron chi connectivity index (χ1n) is 8.90. The molecule has 7 nitrogen and oxygen atoms in total. The van der Waals surface area contributed by atoms with Crippen LogP contribution in [0.15, 0.2) is 53.4 Å². The molecular weight excluding hydrogens is 376 g/mol. The number of sulfonamides is 1. The van der Waals surface area contributed by atoms with Crippen LogP contribution in [0.3, 0.4) is 0 Å². The monoisotopic (exact) mass is 398 g/mol. The summed E-state index contributed by atoms with van der Waals surface area (Å²) in [5.41, 5.74) is 1.87. The van der Waals surface area contributed by atoms with Crippen LogP contribution in [0.25, 0.3) is 11.1 Å². The first-order chi connectivity index (χ1) is 13.3. The smallest absolute Gasteiger partial charge is 0.319 e. The lowest BCUT2D eigenvalue weighted by atomic mass is 10.0. The number of hydrogen-bond donors (Lipinski definition) is 0. The van der Waals surface area contributed by atoms with E-state index in [0.717, 1.165) is 0 Å². The third-order valence-electron chi connectivity index (χ3n) is 4.72. The molecule has 28 heavy (non-hydrogen) atoms. The van der Waals surface area contributed by atoms with Gasteiger partial charge in [-0.05, 0) is 29.3 Å². The number of amides is 2. The van der Waals surface area contributed by atoms with Crippen LogP contribution in [-0.2, 0) is 10.0 Å². The highest BCUT2D eigenvalue weighted by Crippen LogP contribution is 2.27. The standard InChI is InChI=1S/C20H22N4O3S/c1-22(2)20(25)23-10-12-24(13-11-23)28(26,27)18-8-5-7-16(14-18)19-9-4-3-6-17(19)15-21/h3-9,14H,10-13H2,1-2H3. The van der Waals surface area contributed by atoms with Crippen molar-refractivity contribution in [1.29, 1.82) is 5.26 Å². The summed E-state index contributed by atoms with van der Waals surface area (Å²) in [7, 11) is -0.329. The SMILES string of the molecule is CN(C)C(=O)N1CCN(S(=O)(=O)c2cccc(-c3ccccc3C#N)c2)CC1. The largest absolute Gasteiger partial charge is 0.331 e. The number of nitrogens with zero attached hydrogens (tertiary/aromatic N) is 4. The van der Waals surface area contributed by atoms with Gasteiger partial charge in [0.2, 0.25) is 10.0 Å². The van der Waals surface area contributed by atoms with Crippen molar-refractivity contribution in [3.63, 3.8) is 0 Å². The Kier molecular flexibility index (Phi) is 5.68. The van der Waals surface area contributed by atoms with E-state index in [1.807, 2.05) is 6.07 Å². The molecule has 0 N–H and O–H groups in total. The van der Waals surface area contributed by atoms with Gasteiger partial charge in [-0.25, -0.2) is 13.2 Å². The normalized spacial score (nSPS) is 15.1. The number of hydrogen-bond acceptors (Lipinski definition) is 4. The molecule has 146 valence electrons. The molecule has 0 radical (unpaired) electrons. The Hall–Kier alpha value is -2.89. The molecule has 1 heterocycles. The van der Waals surface area contributed by atoms with E-state index >= 15 is 0 Å². The molecule has 2 aromatic carbocycles. The van der Waals surface area contributed by atoms with Crippen LogP contribution in [0.5, 0.6) is 0 Å². The van der Waals surface area contributed by atoms with E-state index in [-0.39, 0.29) is 24.0 Å². The first kappa shape index (κ1) is 19.9. The van der Waals surface area contributed by atoms with Crippen molar-refractivity contribution in [2.24, 2.45) is 0 Å². The average molecular weight is 398 g/mol. The third kappa shape index (κ3) is 3.86. The zero-order valence-corrected chi connectivity index (χ0v) is 16.7. The zero-order chi connectivity index (χ0) is 20.3. The minimum Gasteiger partial charge on any atom is -0.331 e. The Balaban J connectivity index is 1.84. The van der Waals surface area contributed by atoms with E-state index in [1.54, 1.807) is 61.5 Å². The molecule has 3 rings (SSSR count). The van der Waals surface area contributed by atoms with Gasteiger partial charge in [0.15, 0.2) is 0 Å². The summed E-state index contributed by atoms with van der Waals surface area (Å²) >= 11 is 0. The number of benzene rings is 2. The van der Waals surface area contributed by atoms with Gasteiger partial charge in [0.05, 0.1) is 16.5 Å². The Morgan fingerprint density at radius 2 is 1.71 bits per heavy atom. The average Bonchev–Trinajstić information content (AvgIpc) is 2.73. The molecule has 8 heteroatoms. The minimum absolute atomic E-state index is 0.118. The van der Waals surface area contributed by atoms with E-state index in [1.165, 1.54) is 9.21 Å². The lowest BCUT2D eigenvalue weighted by Crippen LogP contribution is -2.52. The van der Waals surface area contributed by atoms with E-state index in [9.17, 15) is 18.5 Å². The van der Waals surface area contributed by atoms with Crippen molar-refractivity contribution >= 4 is 16.1 Å². The molecule has 0 saturated carbocycles. The Bertz CT molecular complexity index is 1020. The minimum atomic E-state index is -3.68. The van der Waals surface area contributed by atoms with E-state index in [2.05, 4.69) is 6.07 Å². The predicted octanol–water partition coefficient (Wildman–Crippen LogP) is 2.21. The Morgan fingerprint density at radius 3 is 2.36 bits per heavy atom. The number of rotatable bonds is 3. The fraction of sp³-hybridized carbons (Fsp3) is 0.300. The van der Waals surface area contributed by atoms with Gasteiger partial charge in [-0.1, -0.05) is 30.3 Å². The van der Waals surface area contributed by atoms with Crippen LogP contribution < -0.4 is 0 Å². The summed E-state index contributed by atoms with van der Waals surface area (Å²) in [6.45, 7) is 1.21. The number of carbonyl (C=O) groups excluding carboxylic acids is 1. The number of piperazine rings is 1. The molecule has 2 amide bonds. The zero-order valence-electron chi connectivity index (χ0n) is 15.9. The Labute approximate surface area is 165 Å². The molecule has 1 saturated heterocycles. The molecule has 1 aliphatic rings. The van der Waals surface area contributed by atoms with Gasteiger partial charge >= 0.3 is 6.03 Å². The highest BCUT2D eigenvalue weighted by molar-refractivity contribution is 7.89. The summed E-state index contributed by atoms with van der Waals surface area (Å²) in [4.78, 5) is 15.4. The number of nitriles is 1. The molecule has 0 atom stereocenters. The van der Waals surface area contributed by atoms with Gasteiger partial charge in [0.1, 0.15) is 0 Å². The summed E-state index contributed by atoms with van der Waals surface area (Å²) in [5.74, 6) is 0. The molecule has 2 aromatic rings. The van der Waals surface area contributed by atoms with Crippen molar-refractivity contribution in [2.75, 3.05) is 40.3 Å². The second-order valence-corrected chi connectivity index (χ2v) is 8.69. The molecule has 1 aliphatic heterocycles. The quantitative estimate of drug-likeness (QED) is 0.793. The van der Waals surface area contributed by atoms with Crippen molar-refractivity contribution in [1.82, 2.24) is 14.1 Å². The van der Waals surface area contributed by atoms with E-state index in [4.69, 9.17) is 0 Å². The maximum absolute atomic E-state index is 13.1. The molecule has 0 bridgehead atoms. The molecule has 0 aromatic heterocycles. The van der Waals surface area contributed by atoms with Crippen LogP contribution in [0.4, 0.5) is 4.79 Å². The first-order valence-corrected chi connectivity index (χ1v) is 10.3. The lowest BCUT2D eigenvalue weighted by Gasteiger charge is -2.35. The van der Waals surface area contributed by atoms with Crippen molar-refractivity contribution in [3.8, 4) is 17.2 Å². The third-order valence-corrected chi connectivity index (χ3v) is 6.62. The van der Waals surface area contributed by atoms with Crippen LogP contribution in [0.1, 0.15) is 5.56 Å². The van der Waals surface area contributed by atoms with Crippen molar-refractivity contribution < 1.29 is 13.2 Å². The molecule has 0 unspecified atom stereocenters. The van der Waals surface area contributed by atoms with Crippen LogP contribution >= 0.6 is 0 Å². The van der Waals surface area contributed by atoms with Gasteiger partial charge < -0.3 is 9.80 Å². The van der Waals surface area contributed by atoms with Gasteiger partial charge in [0, 0.05) is 40.3 Å². The maximum atomic E-state index is 13.1. The highest BCUT2D eigenvalue weighted by Gasteiger charge is 2.30. The summed E-state index contributed by atoms with van der Waals surface area (Å²) < 4.78 is 27.6. The second-order valence-electron chi connectivity index (χ2n) is 6.75. The molecular formula is C20H22N4O3S.